The Labute approximate surface area is 132 Å². The van der Waals surface area contributed by atoms with Crippen LogP contribution in [0.2, 0.25) is 0 Å². The number of anilines is 2. The van der Waals surface area contributed by atoms with Crippen molar-refractivity contribution in [2.24, 2.45) is 0 Å². The van der Waals surface area contributed by atoms with E-state index < -0.39 is 6.10 Å². The van der Waals surface area contributed by atoms with E-state index in [2.05, 4.69) is 25.6 Å². The largest absolute Gasteiger partial charge is 0.389 e. The number of likely N-dealkylation sites (tertiary alicyclic amines) is 1. The Bertz CT molecular complexity index is 674. The summed E-state index contributed by atoms with van der Waals surface area (Å²) in [5.74, 6) is 0.914. The summed E-state index contributed by atoms with van der Waals surface area (Å²) in [7, 11) is 3.71. The molecular weight excluding hydrogens is 300 g/mol. The molecule has 10 heteroatoms. The van der Waals surface area contributed by atoms with Crippen molar-refractivity contribution in [1.82, 2.24) is 29.9 Å². The number of nitrogens with zero attached hydrogens (tertiary/aromatic N) is 7. The summed E-state index contributed by atoms with van der Waals surface area (Å²) in [6, 6.07) is 1.08. The smallest absolute Gasteiger partial charge is 0.324 e. The van der Waals surface area contributed by atoms with Crippen LogP contribution in [0.1, 0.15) is 6.04 Å². The maximum absolute atomic E-state index is 12.3. The minimum Gasteiger partial charge on any atom is -0.389 e. The van der Waals surface area contributed by atoms with Crippen LogP contribution in [-0.2, 0) is 0 Å². The molecule has 0 aliphatic carbocycles. The Balaban J connectivity index is 1.66. The SMILES string of the molecule is CN(C)c1ccnc(NC(=O)N2C[C@@H](O)[C@H](n3ccnn3)C2)n1. The normalized spacial score (nSPS) is 20.6. The molecule has 0 unspecified atom stereocenters. The van der Waals surface area contributed by atoms with Crippen molar-refractivity contribution in [1.29, 1.82) is 0 Å². The number of hydrogen-bond donors (Lipinski definition) is 2. The topological polar surface area (TPSA) is 112 Å². The third kappa shape index (κ3) is 3.21. The van der Waals surface area contributed by atoms with Crippen LogP contribution < -0.4 is 10.2 Å². The maximum Gasteiger partial charge on any atom is 0.324 e. The molecule has 0 spiro atoms. The summed E-state index contributed by atoms with van der Waals surface area (Å²) >= 11 is 0. The maximum atomic E-state index is 12.3. The van der Waals surface area contributed by atoms with Gasteiger partial charge in [0.2, 0.25) is 5.95 Å². The third-order valence-corrected chi connectivity index (χ3v) is 3.64. The highest BCUT2D eigenvalue weighted by molar-refractivity contribution is 5.87. The first-order valence-corrected chi connectivity index (χ1v) is 7.15. The van der Waals surface area contributed by atoms with Crippen LogP contribution >= 0.6 is 0 Å². The summed E-state index contributed by atoms with van der Waals surface area (Å²) in [6.45, 7) is 0.549. The summed E-state index contributed by atoms with van der Waals surface area (Å²) in [6.07, 6.45) is 4.08. The van der Waals surface area contributed by atoms with Crippen molar-refractivity contribution >= 4 is 17.8 Å². The Morgan fingerprint density at radius 2 is 2.22 bits per heavy atom. The van der Waals surface area contributed by atoms with Crippen LogP contribution in [0.4, 0.5) is 16.6 Å². The average molecular weight is 318 g/mol. The summed E-state index contributed by atoms with van der Waals surface area (Å²) in [4.78, 5) is 23.9. The summed E-state index contributed by atoms with van der Waals surface area (Å²) in [5, 5.41) is 20.4. The highest BCUT2D eigenvalue weighted by Gasteiger charge is 2.36. The molecule has 2 aromatic heterocycles. The molecule has 0 saturated carbocycles. The Kier molecular flexibility index (Phi) is 4.06. The van der Waals surface area contributed by atoms with Gasteiger partial charge in [-0.05, 0) is 6.07 Å². The molecule has 0 radical (unpaired) electrons. The van der Waals surface area contributed by atoms with Gasteiger partial charge in [-0.25, -0.2) is 14.5 Å². The molecule has 2 atom stereocenters. The molecule has 1 aliphatic heterocycles. The molecule has 2 aromatic rings. The zero-order valence-corrected chi connectivity index (χ0v) is 12.9. The van der Waals surface area contributed by atoms with E-state index in [9.17, 15) is 9.90 Å². The number of carbonyl (C=O) groups excluding carboxylic acids is 1. The number of rotatable bonds is 3. The van der Waals surface area contributed by atoms with E-state index in [1.54, 1.807) is 23.1 Å². The first kappa shape index (κ1) is 15.2. The first-order valence-electron chi connectivity index (χ1n) is 7.15. The van der Waals surface area contributed by atoms with E-state index in [0.717, 1.165) is 0 Å². The lowest BCUT2D eigenvalue weighted by Crippen LogP contribution is -2.34. The number of β-amino-alcohol motifs (C(OH)–C–C–N with tert-alkyl or cyclic N) is 1. The standard InChI is InChI=1S/C13H18N8O2/c1-19(2)11-3-4-14-12(16-11)17-13(23)20-7-9(10(22)8-20)21-6-5-15-18-21/h3-6,9-10,22H,7-8H2,1-2H3,(H,14,16,17,23)/t9-,10-/m1/s1. The van der Waals surface area contributed by atoms with Gasteiger partial charge in [-0.3, -0.25) is 5.32 Å². The van der Waals surface area contributed by atoms with Crippen LogP contribution in [0, 0.1) is 0 Å². The second-order valence-corrected chi connectivity index (χ2v) is 5.49. The van der Waals surface area contributed by atoms with E-state index >= 15 is 0 Å². The average Bonchev–Trinajstić information content (AvgIpc) is 3.16. The fraction of sp³-hybridized carbons (Fsp3) is 0.462. The second kappa shape index (κ2) is 6.16. The zero-order chi connectivity index (χ0) is 16.4. The van der Waals surface area contributed by atoms with Gasteiger partial charge >= 0.3 is 6.03 Å². The molecule has 0 aromatic carbocycles. The van der Waals surface area contributed by atoms with Crippen molar-refractivity contribution in [3.05, 3.63) is 24.7 Å². The molecular formula is C13H18N8O2. The van der Waals surface area contributed by atoms with Crippen molar-refractivity contribution in [3.63, 3.8) is 0 Å². The predicted octanol–water partition coefficient (Wildman–Crippen LogP) is -0.416. The van der Waals surface area contributed by atoms with Crippen LogP contribution in [0.5, 0.6) is 0 Å². The van der Waals surface area contributed by atoms with Gasteiger partial charge in [0.05, 0.1) is 24.9 Å². The lowest BCUT2D eigenvalue weighted by atomic mass is 10.2. The molecule has 1 fully saturated rings. The molecule has 1 aliphatic rings. The van der Waals surface area contributed by atoms with Crippen LogP contribution in [0.15, 0.2) is 24.7 Å². The highest BCUT2D eigenvalue weighted by atomic mass is 16.3. The molecule has 3 rings (SSSR count). The molecule has 2 N–H and O–H groups in total. The molecule has 1 saturated heterocycles. The van der Waals surface area contributed by atoms with Gasteiger partial charge in [0.1, 0.15) is 5.82 Å². The Morgan fingerprint density at radius 1 is 1.39 bits per heavy atom. The summed E-state index contributed by atoms with van der Waals surface area (Å²) in [5.41, 5.74) is 0. The van der Waals surface area contributed by atoms with Gasteiger partial charge in [-0.15, -0.1) is 5.10 Å². The Hall–Kier alpha value is -2.75. The minimum atomic E-state index is -0.698. The lowest BCUT2D eigenvalue weighted by Gasteiger charge is -2.17. The van der Waals surface area contributed by atoms with E-state index in [1.165, 1.54) is 11.1 Å². The van der Waals surface area contributed by atoms with E-state index in [4.69, 9.17) is 0 Å². The van der Waals surface area contributed by atoms with Crippen molar-refractivity contribution < 1.29 is 9.90 Å². The molecule has 0 bridgehead atoms. The van der Waals surface area contributed by atoms with Gasteiger partial charge in [-0.1, -0.05) is 5.21 Å². The molecule has 23 heavy (non-hydrogen) atoms. The first-order chi connectivity index (χ1) is 11.0. The molecule has 3 heterocycles. The van der Waals surface area contributed by atoms with Gasteiger partial charge in [0.15, 0.2) is 0 Å². The highest BCUT2D eigenvalue weighted by Crippen LogP contribution is 2.21. The van der Waals surface area contributed by atoms with Crippen molar-refractivity contribution in [3.8, 4) is 0 Å². The minimum absolute atomic E-state index is 0.212. The lowest BCUT2D eigenvalue weighted by molar-refractivity contribution is 0.139. The van der Waals surface area contributed by atoms with Crippen molar-refractivity contribution in [2.45, 2.75) is 12.1 Å². The summed E-state index contributed by atoms with van der Waals surface area (Å²) < 4.78 is 1.56. The van der Waals surface area contributed by atoms with Gasteiger partial charge in [-0.2, -0.15) is 4.98 Å². The Morgan fingerprint density at radius 3 is 2.91 bits per heavy atom. The van der Waals surface area contributed by atoms with Gasteiger partial charge in [0.25, 0.3) is 0 Å². The monoisotopic (exact) mass is 318 g/mol. The van der Waals surface area contributed by atoms with Crippen LogP contribution in [0.25, 0.3) is 0 Å². The van der Waals surface area contributed by atoms with E-state index in [0.29, 0.717) is 12.4 Å². The zero-order valence-electron chi connectivity index (χ0n) is 12.9. The van der Waals surface area contributed by atoms with Crippen molar-refractivity contribution in [2.75, 3.05) is 37.4 Å². The fourth-order valence-corrected chi connectivity index (χ4v) is 2.42. The third-order valence-electron chi connectivity index (χ3n) is 3.64. The number of aliphatic hydroxyl groups excluding tert-OH is 1. The number of urea groups is 1. The second-order valence-electron chi connectivity index (χ2n) is 5.49. The molecule has 122 valence electrons. The quantitative estimate of drug-likeness (QED) is 0.790. The van der Waals surface area contributed by atoms with Crippen LogP contribution in [-0.4, -0.2) is 74.3 Å². The van der Waals surface area contributed by atoms with E-state index in [-0.39, 0.29) is 24.6 Å². The fourth-order valence-electron chi connectivity index (χ4n) is 2.42. The molecule has 2 amide bonds. The van der Waals surface area contributed by atoms with Crippen LogP contribution in [0.3, 0.4) is 0 Å². The van der Waals surface area contributed by atoms with Gasteiger partial charge in [0, 0.05) is 33.0 Å². The molecule has 10 nitrogen and oxygen atoms in total. The number of aliphatic hydroxyl groups is 1. The number of nitrogens with one attached hydrogen (secondary N) is 1. The predicted molar refractivity (Wildman–Crippen MR) is 82.0 cm³/mol. The number of amides is 2. The number of aromatic nitrogens is 5. The van der Waals surface area contributed by atoms with E-state index in [1.807, 2.05) is 19.0 Å². The number of carbonyl (C=O) groups is 1. The van der Waals surface area contributed by atoms with Gasteiger partial charge < -0.3 is 14.9 Å². The number of hydrogen-bond acceptors (Lipinski definition) is 7.